The van der Waals surface area contributed by atoms with Gasteiger partial charge in [0.15, 0.2) is 5.78 Å². The first-order chi connectivity index (χ1) is 9.18. The maximum absolute atomic E-state index is 12.2. The van der Waals surface area contributed by atoms with Gasteiger partial charge in [-0.25, -0.2) is 0 Å². The summed E-state index contributed by atoms with van der Waals surface area (Å²) in [4.78, 5) is 14.2. The number of carbonyl (C=O) groups is 1. The van der Waals surface area contributed by atoms with Crippen molar-refractivity contribution in [3.05, 3.63) is 77.9 Å². The molecule has 0 aliphatic heterocycles. The third-order valence-electron chi connectivity index (χ3n) is 2.88. The number of nitrogens with zero attached hydrogens (tertiary/aromatic N) is 1. The van der Waals surface area contributed by atoms with Gasteiger partial charge in [0.05, 0.1) is 0 Å². The normalized spacial score (nSPS) is 11.2. The predicted molar refractivity (Wildman–Crippen MR) is 78.9 cm³/mol. The second-order valence-electron chi connectivity index (χ2n) is 4.52. The molecule has 0 aliphatic rings. The first kappa shape index (κ1) is 13.1. The zero-order chi connectivity index (χ0) is 13.7. The minimum absolute atomic E-state index is 0.0214. The smallest absolute Gasteiger partial charge is 0.187 e. The Morgan fingerprint density at radius 1 is 0.842 bits per heavy atom. The lowest BCUT2D eigenvalue weighted by atomic mass is 10.1. The highest BCUT2D eigenvalue weighted by atomic mass is 16.1. The molecule has 0 N–H and O–H groups in total. The molecule has 0 heterocycles. The van der Waals surface area contributed by atoms with Gasteiger partial charge in [-0.05, 0) is 5.56 Å². The molecule has 19 heavy (non-hydrogen) atoms. The van der Waals surface area contributed by atoms with Crippen molar-refractivity contribution in [2.24, 2.45) is 0 Å². The average Bonchev–Trinajstić information content (AvgIpc) is 2.46. The molecule has 0 amide bonds. The van der Waals surface area contributed by atoms with Gasteiger partial charge in [0, 0.05) is 31.4 Å². The summed E-state index contributed by atoms with van der Waals surface area (Å²) < 4.78 is 0. The van der Waals surface area contributed by atoms with E-state index in [2.05, 4.69) is 0 Å². The maximum Gasteiger partial charge on any atom is 0.187 e. The van der Waals surface area contributed by atoms with E-state index in [4.69, 9.17) is 0 Å². The summed E-state index contributed by atoms with van der Waals surface area (Å²) in [6.45, 7) is 0. The first-order valence-electron chi connectivity index (χ1n) is 6.22. The SMILES string of the molecule is CN(C)/C(=C/C(=O)c1ccccc1)c1ccccc1. The third kappa shape index (κ3) is 3.32. The van der Waals surface area contributed by atoms with Crippen LogP contribution in [-0.4, -0.2) is 24.8 Å². The predicted octanol–water partition coefficient (Wildman–Crippen LogP) is 3.47. The van der Waals surface area contributed by atoms with Crippen LogP contribution in [0.1, 0.15) is 15.9 Å². The number of carbonyl (C=O) groups excluding carboxylic acids is 1. The van der Waals surface area contributed by atoms with Crippen molar-refractivity contribution in [1.82, 2.24) is 4.90 Å². The van der Waals surface area contributed by atoms with Crippen LogP contribution in [0.4, 0.5) is 0 Å². The Balaban J connectivity index is 2.35. The summed E-state index contributed by atoms with van der Waals surface area (Å²) in [6, 6.07) is 19.2. The van der Waals surface area contributed by atoms with Gasteiger partial charge in [-0.15, -0.1) is 0 Å². The quantitative estimate of drug-likeness (QED) is 0.612. The Labute approximate surface area is 114 Å². The van der Waals surface area contributed by atoms with Crippen molar-refractivity contribution in [1.29, 1.82) is 0 Å². The van der Waals surface area contributed by atoms with E-state index in [1.165, 1.54) is 0 Å². The summed E-state index contributed by atoms with van der Waals surface area (Å²) in [5.41, 5.74) is 2.66. The van der Waals surface area contributed by atoms with E-state index < -0.39 is 0 Å². The van der Waals surface area contributed by atoms with Gasteiger partial charge in [-0.2, -0.15) is 0 Å². The summed E-state index contributed by atoms with van der Waals surface area (Å²) in [6.07, 6.45) is 1.69. The van der Waals surface area contributed by atoms with Crippen LogP contribution in [0.15, 0.2) is 66.7 Å². The molecule has 2 nitrogen and oxygen atoms in total. The van der Waals surface area contributed by atoms with Gasteiger partial charge in [-0.1, -0.05) is 60.7 Å². The molecule has 0 spiro atoms. The largest absolute Gasteiger partial charge is 0.377 e. The molecule has 2 heteroatoms. The molecule has 2 aromatic rings. The monoisotopic (exact) mass is 251 g/mol. The molecule has 0 aliphatic carbocycles. The number of hydrogen-bond donors (Lipinski definition) is 0. The van der Waals surface area contributed by atoms with Crippen molar-refractivity contribution in [2.45, 2.75) is 0 Å². The topological polar surface area (TPSA) is 20.3 Å². The van der Waals surface area contributed by atoms with Crippen molar-refractivity contribution in [3.63, 3.8) is 0 Å². The van der Waals surface area contributed by atoms with E-state index in [-0.39, 0.29) is 5.78 Å². The Bertz CT molecular complexity index is 571. The van der Waals surface area contributed by atoms with Gasteiger partial charge < -0.3 is 4.90 Å². The van der Waals surface area contributed by atoms with Crippen LogP contribution in [0.2, 0.25) is 0 Å². The van der Waals surface area contributed by atoms with Crippen molar-refractivity contribution in [2.75, 3.05) is 14.1 Å². The third-order valence-corrected chi connectivity index (χ3v) is 2.88. The van der Waals surface area contributed by atoms with Gasteiger partial charge in [0.1, 0.15) is 0 Å². The Hall–Kier alpha value is -2.35. The number of benzene rings is 2. The molecule has 0 saturated heterocycles. The van der Waals surface area contributed by atoms with E-state index in [0.29, 0.717) is 5.56 Å². The molecular formula is C17H17NO. The minimum Gasteiger partial charge on any atom is -0.377 e. The van der Waals surface area contributed by atoms with Crippen LogP contribution in [0.5, 0.6) is 0 Å². The highest BCUT2D eigenvalue weighted by Crippen LogP contribution is 2.17. The highest BCUT2D eigenvalue weighted by Gasteiger charge is 2.08. The Morgan fingerprint density at radius 3 is 1.79 bits per heavy atom. The van der Waals surface area contributed by atoms with Crippen LogP contribution in [-0.2, 0) is 0 Å². The van der Waals surface area contributed by atoms with Gasteiger partial charge in [-0.3, -0.25) is 4.79 Å². The maximum atomic E-state index is 12.2. The number of hydrogen-bond acceptors (Lipinski definition) is 2. The molecule has 0 fully saturated rings. The fourth-order valence-corrected chi connectivity index (χ4v) is 1.89. The molecule has 0 radical (unpaired) electrons. The van der Waals surface area contributed by atoms with Crippen LogP contribution in [0.3, 0.4) is 0 Å². The standard InChI is InChI=1S/C17H17NO/c1-18(2)16(14-9-5-3-6-10-14)13-17(19)15-11-7-4-8-12-15/h3-13H,1-2H3/b16-13+. The van der Waals surface area contributed by atoms with Crippen molar-refractivity contribution < 1.29 is 4.79 Å². The summed E-state index contributed by atoms with van der Waals surface area (Å²) >= 11 is 0. The number of ketones is 1. The van der Waals surface area contributed by atoms with E-state index >= 15 is 0 Å². The molecule has 0 aromatic heterocycles. The lowest BCUT2D eigenvalue weighted by Gasteiger charge is -2.17. The van der Waals surface area contributed by atoms with Crippen molar-refractivity contribution in [3.8, 4) is 0 Å². The summed E-state index contributed by atoms with van der Waals surface area (Å²) in [7, 11) is 3.88. The molecule has 2 aromatic carbocycles. The van der Waals surface area contributed by atoms with Gasteiger partial charge in [0.25, 0.3) is 0 Å². The van der Waals surface area contributed by atoms with Crippen molar-refractivity contribution >= 4 is 11.5 Å². The molecule has 96 valence electrons. The van der Waals surface area contributed by atoms with Gasteiger partial charge >= 0.3 is 0 Å². The van der Waals surface area contributed by atoms with E-state index in [1.54, 1.807) is 6.08 Å². The number of rotatable bonds is 4. The zero-order valence-corrected chi connectivity index (χ0v) is 11.2. The average molecular weight is 251 g/mol. The zero-order valence-electron chi connectivity index (χ0n) is 11.2. The number of allylic oxidation sites excluding steroid dienone is 1. The molecule has 0 unspecified atom stereocenters. The molecule has 2 rings (SSSR count). The highest BCUT2D eigenvalue weighted by molar-refractivity contribution is 6.08. The molecule has 0 atom stereocenters. The minimum atomic E-state index is 0.0214. The Kier molecular flexibility index (Phi) is 4.14. The lowest BCUT2D eigenvalue weighted by molar-refractivity contribution is 0.104. The van der Waals surface area contributed by atoms with Crippen LogP contribution in [0.25, 0.3) is 5.70 Å². The second kappa shape index (κ2) is 6.01. The van der Waals surface area contributed by atoms with E-state index in [9.17, 15) is 4.79 Å². The van der Waals surface area contributed by atoms with Crippen LogP contribution < -0.4 is 0 Å². The van der Waals surface area contributed by atoms with Crippen LogP contribution >= 0.6 is 0 Å². The molecular weight excluding hydrogens is 234 g/mol. The van der Waals surface area contributed by atoms with E-state index in [0.717, 1.165) is 11.3 Å². The Morgan fingerprint density at radius 2 is 1.32 bits per heavy atom. The second-order valence-corrected chi connectivity index (χ2v) is 4.52. The van der Waals surface area contributed by atoms with E-state index in [1.807, 2.05) is 79.7 Å². The summed E-state index contributed by atoms with van der Waals surface area (Å²) in [5.74, 6) is 0.0214. The molecule has 0 bridgehead atoms. The molecule has 0 saturated carbocycles. The summed E-state index contributed by atoms with van der Waals surface area (Å²) in [5, 5.41) is 0. The first-order valence-corrected chi connectivity index (χ1v) is 6.22. The fraction of sp³-hybridized carbons (Fsp3) is 0.118. The van der Waals surface area contributed by atoms with Crippen LogP contribution in [0, 0.1) is 0 Å². The van der Waals surface area contributed by atoms with Gasteiger partial charge in [0.2, 0.25) is 0 Å². The lowest BCUT2D eigenvalue weighted by Crippen LogP contribution is -2.12. The fourth-order valence-electron chi connectivity index (χ4n) is 1.89.